The highest BCUT2D eigenvalue weighted by Crippen LogP contribution is 2.20. The number of nitrogens with zero attached hydrogens (tertiary/aromatic N) is 2. The quantitative estimate of drug-likeness (QED) is 0.633. The molecule has 2 amide bonds. The van der Waals surface area contributed by atoms with Crippen LogP contribution in [0.25, 0.3) is 0 Å². The zero-order valence-corrected chi connectivity index (χ0v) is 15.5. The SMILES string of the molecule is CN(CC1CCN(Cc2ccccc2)CC1)C(=O)N[C@H](CC(=O)O)C(=O)O. The van der Waals surface area contributed by atoms with Crippen molar-refractivity contribution in [2.24, 2.45) is 5.92 Å². The number of rotatable bonds is 8. The summed E-state index contributed by atoms with van der Waals surface area (Å²) >= 11 is 0. The Morgan fingerprint density at radius 2 is 1.81 bits per heavy atom. The number of urea groups is 1. The van der Waals surface area contributed by atoms with E-state index in [1.807, 2.05) is 18.2 Å². The second kappa shape index (κ2) is 9.91. The van der Waals surface area contributed by atoms with Crippen molar-refractivity contribution < 1.29 is 24.6 Å². The zero-order chi connectivity index (χ0) is 19.8. The maximum atomic E-state index is 12.2. The maximum Gasteiger partial charge on any atom is 0.326 e. The molecule has 1 aliphatic heterocycles. The standard InChI is InChI=1S/C19H27N3O5/c1-21(19(27)20-16(18(25)26)11-17(23)24)12-15-7-9-22(10-8-15)13-14-5-3-2-4-6-14/h2-6,15-16H,7-13H2,1H3,(H,20,27)(H,23,24)(H,25,26)/t16-/m1/s1. The number of carboxylic acids is 2. The van der Waals surface area contributed by atoms with Crippen LogP contribution in [0.4, 0.5) is 4.79 Å². The van der Waals surface area contributed by atoms with E-state index in [4.69, 9.17) is 10.2 Å². The molecule has 3 N–H and O–H groups in total. The zero-order valence-electron chi connectivity index (χ0n) is 15.5. The number of amides is 2. The van der Waals surface area contributed by atoms with Gasteiger partial charge in [0.15, 0.2) is 0 Å². The summed E-state index contributed by atoms with van der Waals surface area (Å²) in [6.45, 7) is 3.33. The molecule has 0 unspecified atom stereocenters. The third-order valence-electron chi connectivity index (χ3n) is 4.81. The molecule has 0 saturated carbocycles. The lowest BCUT2D eigenvalue weighted by atomic mass is 9.96. The van der Waals surface area contributed by atoms with Crippen molar-refractivity contribution in [3.63, 3.8) is 0 Å². The summed E-state index contributed by atoms with van der Waals surface area (Å²) in [6.07, 6.45) is 1.27. The molecule has 27 heavy (non-hydrogen) atoms. The normalized spacial score (nSPS) is 16.5. The fraction of sp³-hybridized carbons (Fsp3) is 0.526. The van der Waals surface area contributed by atoms with E-state index >= 15 is 0 Å². The van der Waals surface area contributed by atoms with Crippen LogP contribution in [0.3, 0.4) is 0 Å². The van der Waals surface area contributed by atoms with Crippen LogP contribution in [0.2, 0.25) is 0 Å². The van der Waals surface area contributed by atoms with Gasteiger partial charge in [-0.3, -0.25) is 9.69 Å². The summed E-state index contributed by atoms with van der Waals surface area (Å²) in [6, 6.07) is 8.30. The molecule has 8 heteroatoms. The highest BCUT2D eigenvalue weighted by molar-refractivity contribution is 5.86. The molecule has 2 rings (SSSR count). The summed E-state index contributed by atoms with van der Waals surface area (Å²) in [7, 11) is 1.60. The highest BCUT2D eigenvalue weighted by atomic mass is 16.4. The van der Waals surface area contributed by atoms with Gasteiger partial charge in [-0.1, -0.05) is 30.3 Å². The molecule has 0 aromatic heterocycles. The first-order valence-electron chi connectivity index (χ1n) is 9.07. The number of hydrogen-bond acceptors (Lipinski definition) is 4. The van der Waals surface area contributed by atoms with Crippen molar-refractivity contribution in [2.45, 2.75) is 31.8 Å². The second-order valence-electron chi connectivity index (χ2n) is 7.02. The summed E-state index contributed by atoms with van der Waals surface area (Å²) < 4.78 is 0. The Kier molecular flexibility index (Phi) is 7.60. The van der Waals surface area contributed by atoms with Gasteiger partial charge in [-0.2, -0.15) is 0 Å². The van der Waals surface area contributed by atoms with Crippen molar-refractivity contribution in [3.05, 3.63) is 35.9 Å². The van der Waals surface area contributed by atoms with Crippen molar-refractivity contribution in [2.75, 3.05) is 26.7 Å². The molecule has 1 heterocycles. The fourth-order valence-corrected chi connectivity index (χ4v) is 3.27. The van der Waals surface area contributed by atoms with Crippen molar-refractivity contribution in [1.29, 1.82) is 0 Å². The lowest BCUT2D eigenvalue weighted by Crippen LogP contribution is -2.49. The van der Waals surface area contributed by atoms with Gasteiger partial charge in [-0.05, 0) is 37.4 Å². The Morgan fingerprint density at radius 1 is 1.19 bits per heavy atom. The van der Waals surface area contributed by atoms with Gasteiger partial charge in [0, 0.05) is 20.1 Å². The molecule has 1 saturated heterocycles. The predicted octanol–water partition coefficient (Wildman–Crippen LogP) is 1.47. The topological polar surface area (TPSA) is 110 Å². The minimum Gasteiger partial charge on any atom is -0.481 e. The first kappa shape index (κ1) is 20.7. The van der Waals surface area contributed by atoms with Gasteiger partial charge >= 0.3 is 18.0 Å². The Bertz CT molecular complexity index is 644. The van der Waals surface area contributed by atoms with E-state index in [1.165, 1.54) is 10.5 Å². The number of nitrogens with one attached hydrogen (secondary N) is 1. The molecule has 8 nitrogen and oxygen atoms in total. The average Bonchev–Trinajstić information content (AvgIpc) is 2.63. The number of carboxylic acid groups (broad SMARTS) is 2. The molecular weight excluding hydrogens is 350 g/mol. The van der Waals surface area contributed by atoms with Crippen LogP contribution in [0, 0.1) is 5.92 Å². The Morgan fingerprint density at radius 3 is 2.37 bits per heavy atom. The number of carbonyl (C=O) groups excluding carboxylic acids is 1. The van der Waals surface area contributed by atoms with Crippen LogP contribution in [0.15, 0.2) is 30.3 Å². The monoisotopic (exact) mass is 377 g/mol. The molecule has 1 fully saturated rings. The van der Waals surface area contributed by atoms with Gasteiger partial charge in [0.25, 0.3) is 0 Å². The van der Waals surface area contributed by atoms with Gasteiger partial charge in [0.2, 0.25) is 0 Å². The van der Waals surface area contributed by atoms with E-state index in [2.05, 4.69) is 22.3 Å². The molecule has 148 valence electrons. The molecule has 1 aliphatic rings. The minimum atomic E-state index is -1.43. The van der Waals surface area contributed by atoms with Gasteiger partial charge in [0.05, 0.1) is 6.42 Å². The van der Waals surface area contributed by atoms with E-state index in [0.29, 0.717) is 12.5 Å². The summed E-state index contributed by atoms with van der Waals surface area (Å²) in [4.78, 5) is 37.8. The van der Waals surface area contributed by atoms with Crippen molar-refractivity contribution in [3.8, 4) is 0 Å². The van der Waals surface area contributed by atoms with Gasteiger partial charge in [0.1, 0.15) is 6.04 Å². The minimum absolute atomic E-state index is 0.343. The number of piperidine rings is 1. The fourth-order valence-electron chi connectivity index (χ4n) is 3.27. The first-order valence-corrected chi connectivity index (χ1v) is 9.07. The van der Waals surface area contributed by atoms with Crippen molar-refractivity contribution >= 4 is 18.0 Å². The lowest BCUT2D eigenvalue weighted by molar-refractivity contribution is -0.145. The molecule has 0 aliphatic carbocycles. The second-order valence-corrected chi connectivity index (χ2v) is 7.02. The third kappa shape index (κ3) is 6.90. The predicted molar refractivity (Wildman–Crippen MR) is 99.3 cm³/mol. The molecular formula is C19H27N3O5. The molecule has 0 radical (unpaired) electrons. The Labute approximate surface area is 158 Å². The lowest BCUT2D eigenvalue weighted by Gasteiger charge is -2.34. The molecule has 0 bridgehead atoms. The van der Waals surface area contributed by atoms with E-state index in [9.17, 15) is 14.4 Å². The average molecular weight is 377 g/mol. The summed E-state index contributed by atoms with van der Waals surface area (Å²) in [5.41, 5.74) is 1.28. The maximum absolute atomic E-state index is 12.2. The van der Waals surface area contributed by atoms with Crippen LogP contribution in [-0.2, 0) is 16.1 Å². The summed E-state index contributed by atoms with van der Waals surface area (Å²) in [5, 5.41) is 20.0. The van der Waals surface area contributed by atoms with E-state index in [0.717, 1.165) is 32.5 Å². The Hall–Kier alpha value is -2.61. The smallest absolute Gasteiger partial charge is 0.326 e. The highest BCUT2D eigenvalue weighted by Gasteiger charge is 2.26. The van der Waals surface area contributed by atoms with E-state index in [1.54, 1.807) is 7.05 Å². The molecule has 1 aromatic carbocycles. The van der Waals surface area contributed by atoms with Crippen LogP contribution < -0.4 is 5.32 Å². The van der Waals surface area contributed by atoms with Crippen LogP contribution in [0.5, 0.6) is 0 Å². The molecule has 1 atom stereocenters. The van der Waals surface area contributed by atoms with Gasteiger partial charge in [-0.25, -0.2) is 9.59 Å². The molecule has 1 aromatic rings. The first-order chi connectivity index (χ1) is 12.8. The molecule has 0 spiro atoms. The van der Waals surface area contributed by atoms with Crippen LogP contribution in [0.1, 0.15) is 24.8 Å². The summed E-state index contributed by atoms with van der Waals surface area (Å²) in [5.74, 6) is -2.28. The number of carbonyl (C=O) groups is 3. The largest absolute Gasteiger partial charge is 0.481 e. The number of aliphatic carboxylic acids is 2. The Balaban J connectivity index is 1.76. The van der Waals surface area contributed by atoms with E-state index in [-0.39, 0.29) is 0 Å². The third-order valence-corrected chi connectivity index (χ3v) is 4.81. The van der Waals surface area contributed by atoms with Gasteiger partial charge in [-0.15, -0.1) is 0 Å². The van der Waals surface area contributed by atoms with E-state index < -0.39 is 30.4 Å². The number of hydrogen-bond donors (Lipinski definition) is 3. The van der Waals surface area contributed by atoms with Crippen LogP contribution in [-0.4, -0.2) is 70.7 Å². The number of likely N-dealkylation sites (tertiary alicyclic amines) is 1. The van der Waals surface area contributed by atoms with Crippen LogP contribution >= 0.6 is 0 Å². The number of benzene rings is 1. The van der Waals surface area contributed by atoms with Crippen molar-refractivity contribution in [1.82, 2.24) is 15.1 Å². The van der Waals surface area contributed by atoms with Gasteiger partial charge < -0.3 is 20.4 Å².